The lowest BCUT2D eigenvalue weighted by molar-refractivity contribution is -0.135. The van der Waals surface area contributed by atoms with E-state index in [0.717, 1.165) is 58.2 Å². The number of hydrogen-bond acceptors (Lipinski definition) is 9. The third kappa shape index (κ3) is 8.88. The van der Waals surface area contributed by atoms with Crippen molar-refractivity contribution in [2.24, 2.45) is 11.3 Å². The first kappa shape index (κ1) is 40.0. The quantitative estimate of drug-likeness (QED) is 0.143. The number of methoxy groups -OCH3 is 1. The molecule has 4 aromatic rings. The molecule has 3 aliphatic rings. The summed E-state index contributed by atoms with van der Waals surface area (Å²) in [6.45, 7) is 10.3. The minimum Gasteiger partial charge on any atom is -0.453 e. The van der Waals surface area contributed by atoms with Gasteiger partial charge in [-0.3, -0.25) is 19.3 Å². The van der Waals surface area contributed by atoms with Gasteiger partial charge in [-0.25, -0.2) is 14.6 Å². The van der Waals surface area contributed by atoms with Crippen LogP contribution in [0, 0.1) is 11.3 Å². The summed E-state index contributed by atoms with van der Waals surface area (Å²) in [6, 6.07) is 19.0. The highest BCUT2D eigenvalue weighted by Gasteiger charge is 2.55. The molecule has 1 spiro atoms. The van der Waals surface area contributed by atoms with E-state index < -0.39 is 29.2 Å². The second-order valence-electron chi connectivity index (χ2n) is 16.9. The van der Waals surface area contributed by atoms with E-state index in [1.54, 1.807) is 32.9 Å². The van der Waals surface area contributed by atoms with Crippen LogP contribution in [0.4, 0.5) is 9.59 Å². The van der Waals surface area contributed by atoms with Gasteiger partial charge in [-0.15, -0.1) is 11.8 Å². The number of nitrogens with one attached hydrogen (secondary N) is 2. The molecule has 0 unspecified atom stereocenters. The lowest BCUT2D eigenvalue weighted by Gasteiger charge is -2.30. The Balaban J connectivity index is 0.993. The molecule has 2 aliphatic heterocycles. The average Bonchev–Trinajstić information content (AvgIpc) is 3.54. The number of H-pyrrole nitrogens is 1. The number of nitrogens with zero attached hydrogens (tertiary/aromatic N) is 3. The number of ether oxygens (including phenoxy) is 2. The third-order valence-electron chi connectivity index (χ3n) is 11.1. The normalized spacial score (nSPS) is 19.2. The van der Waals surface area contributed by atoms with E-state index in [9.17, 15) is 24.0 Å². The van der Waals surface area contributed by atoms with E-state index in [2.05, 4.69) is 46.7 Å². The molecule has 3 atom stereocenters. The zero-order chi connectivity index (χ0) is 40.6. The molecule has 3 fully saturated rings. The van der Waals surface area contributed by atoms with Crippen LogP contribution in [-0.2, 0) is 19.1 Å². The zero-order valence-electron chi connectivity index (χ0n) is 33.4. The van der Waals surface area contributed by atoms with Crippen LogP contribution in [0.3, 0.4) is 0 Å². The first-order valence-electron chi connectivity index (χ1n) is 19.7. The summed E-state index contributed by atoms with van der Waals surface area (Å²) in [7, 11) is 1.30. The lowest BCUT2D eigenvalue weighted by atomic mass is 9.97. The third-order valence-corrected chi connectivity index (χ3v) is 12.4. The average molecular weight is 794 g/mol. The largest absolute Gasteiger partial charge is 0.453 e. The number of amides is 3. The van der Waals surface area contributed by atoms with Gasteiger partial charge in [0.25, 0.3) is 0 Å². The smallest absolute Gasteiger partial charge is 0.411 e. The van der Waals surface area contributed by atoms with E-state index in [4.69, 9.17) is 14.5 Å². The molecule has 7 rings (SSSR count). The van der Waals surface area contributed by atoms with Crippen molar-refractivity contribution >= 4 is 52.2 Å². The number of aromatic amines is 1. The molecule has 13 heteroatoms. The fourth-order valence-electron chi connectivity index (χ4n) is 7.79. The van der Waals surface area contributed by atoms with Crippen molar-refractivity contribution < 1.29 is 33.4 Å². The second kappa shape index (κ2) is 16.0. The van der Waals surface area contributed by atoms with Gasteiger partial charge < -0.3 is 24.7 Å². The Bertz CT molecular complexity index is 2190. The number of alkyl carbamates (subject to hydrolysis) is 1. The molecule has 1 saturated carbocycles. The molecule has 57 heavy (non-hydrogen) atoms. The number of thioether (sulfide) groups is 1. The van der Waals surface area contributed by atoms with Crippen molar-refractivity contribution in [1.29, 1.82) is 0 Å². The Labute approximate surface area is 337 Å². The zero-order valence-corrected chi connectivity index (χ0v) is 34.2. The van der Waals surface area contributed by atoms with E-state index in [-0.39, 0.29) is 47.7 Å². The minimum absolute atomic E-state index is 0.0540. The van der Waals surface area contributed by atoms with Gasteiger partial charge in [0.2, 0.25) is 5.91 Å². The van der Waals surface area contributed by atoms with Crippen LogP contribution in [0.2, 0.25) is 0 Å². The topological polar surface area (TPSA) is 151 Å². The number of rotatable bonds is 11. The van der Waals surface area contributed by atoms with Crippen LogP contribution in [-0.4, -0.2) is 92.4 Å². The van der Waals surface area contributed by atoms with Gasteiger partial charge in [0.15, 0.2) is 11.6 Å². The Morgan fingerprint density at radius 2 is 1.60 bits per heavy atom. The van der Waals surface area contributed by atoms with Gasteiger partial charge in [0, 0.05) is 42.8 Å². The summed E-state index contributed by atoms with van der Waals surface area (Å²) in [6.07, 6.45) is 3.81. The monoisotopic (exact) mass is 793 g/mol. The summed E-state index contributed by atoms with van der Waals surface area (Å²) >= 11 is 1.41. The van der Waals surface area contributed by atoms with Crippen molar-refractivity contribution in [2.75, 3.05) is 26.0 Å². The second-order valence-corrected chi connectivity index (χ2v) is 18.1. The highest BCUT2D eigenvalue weighted by Crippen LogP contribution is 2.58. The van der Waals surface area contributed by atoms with Crippen LogP contribution >= 0.6 is 11.8 Å². The van der Waals surface area contributed by atoms with Crippen LogP contribution < -0.4 is 5.32 Å². The van der Waals surface area contributed by atoms with Gasteiger partial charge in [0.1, 0.15) is 22.8 Å². The number of aromatic nitrogens is 2. The highest BCUT2D eigenvalue weighted by atomic mass is 32.2. The first-order chi connectivity index (χ1) is 27.1. The Hall–Kier alpha value is -5.17. The molecule has 0 bridgehead atoms. The summed E-state index contributed by atoms with van der Waals surface area (Å²) in [4.78, 5) is 76.3. The van der Waals surface area contributed by atoms with E-state index in [1.807, 2.05) is 37.1 Å². The molecule has 3 aromatic carbocycles. The molecular weight excluding hydrogens is 743 g/mol. The molecule has 2 saturated heterocycles. The van der Waals surface area contributed by atoms with Crippen molar-refractivity contribution in [3.8, 4) is 22.4 Å². The summed E-state index contributed by atoms with van der Waals surface area (Å²) < 4.78 is 10.3. The molecule has 0 radical (unpaired) electrons. The van der Waals surface area contributed by atoms with Crippen molar-refractivity contribution in [2.45, 2.75) is 89.8 Å². The highest BCUT2D eigenvalue weighted by molar-refractivity contribution is 8.00. The number of imidazole rings is 1. The minimum atomic E-state index is -0.696. The molecule has 3 amide bonds. The predicted molar refractivity (Wildman–Crippen MR) is 220 cm³/mol. The van der Waals surface area contributed by atoms with E-state index >= 15 is 0 Å². The molecule has 12 nitrogen and oxygen atoms in total. The predicted octanol–water partition coefficient (Wildman–Crippen LogP) is 8.17. The fraction of sp³-hybridized carbons (Fsp3) is 0.455. The van der Waals surface area contributed by atoms with E-state index in [0.29, 0.717) is 24.4 Å². The molecule has 300 valence electrons. The van der Waals surface area contributed by atoms with E-state index in [1.165, 1.54) is 23.8 Å². The number of hydrogen-bond donors (Lipinski definition) is 2. The lowest BCUT2D eigenvalue weighted by Crippen LogP contribution is -2.51. The van der Waals surface area contributed by atoms with Crippen LogP contribution in [0.25, 0.3) is 33.2 Å². The van der Waals surface area contributed by atoms with Crippen molar-refractivity contribution in [3.63, 3.8) is 0 Å². The fourth-order valence-corrected chi connectivity index (χ4v) is 8.99. The molecule has 3 heterocycles. The maximum Gasteiger partial charge on any atom is 0.411 e. The maximum atomic E-state index is 13.9. The van der Waals surface area contributed by atoms with Crippen LogP contribution in [0.1, 0.15) is 88.9 Å². The number of fused-ring (bicyclic) bond motifs is 1. The number of likely N-dealkylation sites (tertiary alicyclic amines) is 1. The van der Waals surface area contributed by atoms with Crippen LogP contribution in [0.5, 0.6) is 0 Å². The number of carbonyl (C=O) groups is 5. The van der Waals surface area contributed by atoms with Crippen molar-refractivity contribution in [1.82, 2.24) is 25.1 Å². The molecule has 1 aromatic heterocycles. The Kier molecular flexibility index (Phi) is 11.2. The Morgan fingerprint density at radius 1 is 0.930 bits per heavy atom. The molecule has 2 N–H and O–H groups in total. The number of Topliss-reactive ketones (excluding diaryl/α,β-unsaturated/α-hetero) is 2. The van der Waals surface area contributed by atoms with Crippen molar-refractivity contribution in [3.05, 3.63) is 78.2 Å². The van der Waals surface area contributed by atoms with Gasteiger partial charge in [-0.1, -0.05) is 62.4 Å². The summed E-state index contributed by atoms with van der Waals surface area (Å²) in [5.41, 5.74) is 3.80. The SMILES string of the molecule is COC(=O)N[C@H](C(=O)N1CC2(CC2)C[C@H]1c1ncc(-c2ccc3cc(-c4ccc(C(=O)CCC(=O)[C@@H]5SCCN5C(=O)OC(C)(C)C)cc4)ccc3c2)[nH]1)C(C)C. The summed E-state index contributed by atoms with van der Waals surface area (Å²) in [5, 5.41) is 4.21. The van der Waals surface area contributed by atoms with Gasteiger partial charge >= 0.3 is 12.2 Å². The van der Waals surface area contributed by atoms with Gasteiger partial charge in [-0.2, -0.15) is 0 Å². The Morgan fingerprint density at radius 3 is 2.25 bits per heavy atom. The first-order valence-corrected chi connectivity index (χ1v) is 20.7. The summed E-state index contributed by atoms with van der Waals surface area (Å²) in [5.74, 6) is 0.887. The van der Waals surface area contributed by atoms with Gasteiger partial charge in [0.05, 0.1) is 25.0 Å². The number of carbonyl (C=O) groups excluding carboxylic acids is 5. The number of benzene rings is 3. The van der Waals surface area contributed by atoms with Crippen LogP contribution in [0.15, 0.2) is 66.9 Å². The van der Waals surface area contributed by atoms with Gasteiger partial charge in [-0.05, 0) is 85.4 Å². The molecular formula is C44H51N5O7S. The maximum absolute atomic E-state index is 13.9. The standard InChI is InChI=1S/C44H51N5O7S/c1-26(2)37(47-41(53)55-6)39(52)49-25-44(17-18-44)23-34(49)38-45-24-33(46-38)32-14-13-30-21-29(11-12-31(30)22-32)27-7-9-28(10-8-27)35(50)15-16-36(51)40-48(19-20-57-40)42(54)56-43(3,4)5/h7-14,21-22,24,26,34,37,40H,15-20,23,25H2,1-6H3,(H,45,46)(H,47,53)/t34-,37-,40-/m0/s1. The molecule has 1 aliphatic carbocycles. The number of ketones is 2.